The highest BCUT2D eigenvalue weighted by Gasteiger charge is 2.04. The molecule has 0 saturated heterocycles. The number of aryl methyl sites for hydroxylation is 1. The molecule has 0 amide bonds. The first-order valence-electron chi connectivity index (χ1n) is 7.07. The highest BCUT2D eigenvalue weighted by atomic mass is 16.5. The Labute approximate surface area is 114 Å². The van der Waals surface area contributed by atoms with Gasteiger partial charge in [0.25, 0.3) is 0 Å². The van der Waals surface area contributed by atoms with E-state index in [1.165, 1.54) is 10.9 Å². The second kappa shape index (κ2) is 6.62. The number of ether oxygens (including phenoxy) is 1. The number of hydrogen-bond acceptors (Lipinski definition) is 2. The van der Waals surface area contributed by atoms with E-state index in [9.17, 15) is 0 Å². The van der Waals surface area contributed by atoms with Crippen LogP contribution in [0.3, 0.4) is 0 Å². The van der Waals surface area contributed by atoms with Crippen molar-refractivity contribution in [1.29, 1.82) is 0 Å². The van der Waals surface area contributed by atoms with Gasteiger partial charge in [-0.25, -0.2) is 0 Å². The van der Waals surface area contributed by atoms with Gasteiger partial charge >= 0.3 is 0 Å². The van der Waals surface area contributed by atoms with Gasteiger partial charge in [-0.1, -0.05) is 0 Å². The van der Waals surface area contributed by atoms with Crippen molar-refractivity contribution < 1.29 is 9.84 Å². The minimum atomic E-state index is 0.206. The number of benzene rings is 1. The lowest BCUT2D eigenvalue weighted by molar-refractivity contribution is 0.243. The maximum Gasteiger partial charge on any atom is 0.120 e. The molecule has 19 heavy (non-hydrogen) atoms. The van der Waals surface area contributed by atoms with Crippen molar-refractivity contribution in [2.75, 3.05) is 6.61 Å². The number of hydrogen-bond donors (Lipinski definition) is 1. The van der Waals surface area contributed by atoms with Crippen LogP contribution in [0.5, 0.6) is 5.75 Å². The third-order valence-electron chi connectivity index (χ3n) is 3.17. The summed E-state index contributed by atoms with van der Waals surface area (Å²) in [4.78, 5) is 0. The first-order valence-corrected chi connectivity index (χ1v) is 7.07. The molecule has 3 nitrogen and oxygen atoms in total. The molecular formula is C16H23NO2. The standard InChI is InChI=1S/C16H23NO2/c1-13(2)19-15-6-7-16-14(12-15)8-10-17(16)9-4-3-5-11-18/h6-8,10,12-13,18H,3-5,9,11H2,1-2H3. The topological polar surface area (TPSA) is 34.4 Å². The highest BCUT2D eigenvalue weighted by molar-refractivity contribution is 5.81. The fraction of sp³-hybridized carbons (Fsp3) is 0.500. The molecule has 0 bridgehead atoms. The van der Waals surface area contributed by atoms with Crippen LogP contribution in [0.15, 0.2) is 30.5 Å². The predicted octanol–water partition coefficient (Wildman–Crippen LogP) is 3.59. The van der Waals surface area contributed by atoms with Crippen molar-refractivity contribution in [2.45, 2.75) is 45.8 Å². The summed E-state index contributed by atoms with van der Waals surface area (Å²) in [6, 6.07) is 8.39. The molecule has 0 spiro atoms. The zero-order valence-electron chi connectivity index (χ0n) is 11.8. The van der Waals surface area contributed by atoms with Gasteiger partial charge < -0.3 is 14.4 Å². The smallest absolute Gasteiger partial charge is 0.120 e. The van der Waals surface area contributed by atoms with E-state index < -0.39 is 0 Å². The molecule has 1 aromatic carbocycles. The van der Waals surface area contributed by atoms with Crippen molar-refractivity contribution in [1.82, 2.24) is 4.57 Å². The zero-order chi connectivity index (χ0) is 13.7. The quantitative estimate of drug-likeness (QED) is 0.773. The predicted molar refractivity (Wildman–Crippen MR) is 78.6 cm³/mol. The Balaban J connectivity index is 2.06. The maximum absolute atomic E-state index is 8.78. The van der Waals surface area contributed by atoms with Gasteiger partial charge in [-0.15, -0.1) is 0 Å². The fourth-order valence-corrected chi connectivity index (χ4v) is 2.29. The van der Waals surface area contributed by atoms with Gasteiger partial charge in [-0.3, -0.25) is 0 Å². The minimum absolute atomic E-state index is 0.206. The molecule has 1 aromatic heterocycles. The SMILES string of the molecule is CC(C)Oc1ccc2c(ccn2CCCCCO)c1. The lowest BCUT2D eigenvalue weighted by Crippen LogP contribution is -2.05. The van der Waals surface area contributed by atoms with E-state index in [0.717, 1.165) is 31.6 Å². The van der Waals surface area contributed by atoms with Gasteiger partial charge in [-0.2, -0.15) is 0 Å². The van der Waals surface area contributed by atoms with Gasteiger partial charge in [0.1, 0.15) is 5.75 Å². The lowest BCUT2D eigenvalue weighted by atomic mass is 10.2. The first kappa shape index (κ1) is 13.9. The van der Waals surface area contributed by atoms with Crippen LogP contribution in [0, 0.1) is 0 Å². The van der Waals surface area contributed by atoms with Crippen LogP contribution in [0.25, 0.3) is 10.9 Å². The summed E-state index contributed by atoms with van der Waals surface area (Å²) >= 11 is 0. The number of nitrogens with zero attached hydrogens (tertiary/aromatic N) is 1. The van der Waals surface area contributed by atoms with Gasteiger partial charge in [0, 0.05) is 30.3 Å². The van der Waals surface area contributed by atoms with Crippen molar-refractivity contribution in [2.24, 2.45) is 0 Å². The Hall–Kier alpha value is -1.48. The van der Waals surface area contributed by atoms with E-state index in [2.05, 4.69) is 29.0 Å². The Bertz CT molecular complexity index is 516. The molecule has 0 unspecified atom stereocenters. The van der Waals surface area contributed by atoms with Gasteiger partial charge in [0.05, 0.1) is 6.10 Å². The number of aromatic nitrogens is 1. The Morgan fingerprint density at radius 2 is 2.00 bits per heavy atom. The average Bonchev–Trinajstić information content (AvgIpc) is 2.76. The second-order valence-corrected chi connectivity index (χ2v) is 5.18. The third-order valence-corrected chi connectivity index (χ3v) is 3.17. The number of fused-ring (bicyclic) bond motifs is 1. The van der Waals surface area contributed by atoms with Crippen LogP contribution < -0.4 is 4.74 Å². The van der Waals surface area contributed by atoms with Crippen molar-refractivity contribution >= 4 is 10.9 Å². The Kier molecular flexibility index (Phi) is 4.86. The first-order chi connectivity index (χ1) is 9.20. The van der Waals surface area contributed by atoms with Crippen molar-refractivity contribution in [3.05, 3.63) is 30.5 Å². The van der Waals surface area contributed by atoms with Gasteiger partial charge in [-0.05, 0) is 57.4 Å². The third kappa shape index (κ3) is 3.74. The highest BCUT2D eigenvalue weighted by Crippen LogP contribution is 2.23. The van der Waals surface area contributed by atoms with E-state index in [1.54, 1.807) is 0 Å². The van der Waals surface area contributed by atoms with E-state index in [0.29, 0.717) is 6.61 Å². The summed E-state index contributed by atoms with van der Waals surface area (Å²) in [5, 5.41) is 10.00. The summed E-state index contributed by atoms with van der Waals surface area (Å²) in [5.74, 6) is 0.931. The number of rotatable bonds is 7. The van der Waals surface area contributed by atoms with Crippen LogP contribution >= 0.6 is 0 Å². The number of aliphatic hydroxyl groups is 1. The Morgan fingerprint density at radius 1 is 1.16 bits per heavy atom. The zero-order valence-corrected chi connectivity index (χ0v) is 11.8. The number of unbranched alkanes of at least 4 members (excludes halogenated alkanes) is 2. The average molecular weight is 261 g/mol. The summed E-state index contributed by atoms with van der Waals surface area (Å²) in [7, 11) is 0. The van der Waals surface area contributed by atoms with Crippen LogP contribution in [0.4, 0.5) is 0 Å². The summed E-state index contributed by atoms with van der Waals surface area (Å²) in [6.45, 7) is 5.38. The van der Waals surface area contributed by atoms with E-state index in [1.807, 2.05) is 19.9 Å². The monoisotopic (exact) mass is 261 g/mol. The molecule has 2 rings (SSSR count). The van der Waals surface area contributed by atoms with Gasteiger partial charge in [0.15, 0.2) is 0 Å². The maximum atomic E-state index is 8.78. The lowest BCUT2D eigenvalue weighted by Gasteiger charge is -2.10. The molecule has 0 aliphatic heterocycles. The molecule has 0 aliphatic carbocycles. The fourth-order valence-electron chi connectivity index (χ4n) is 2.29. The van der Waals surface area contributed by atoms with Crippen molar-refractivity contribution in [3.63, 3.8) is 0 Å². The van der Waals surface area contributed by atoms with E-state index in [-0.39, 0.29) is 6.10 Å². The van der Waals surface area contributed by atoms with E-state index in [4.69, 9.17) is 9.84 Å². The van der Waals surface area contributed by atoms with Crippen LogP contribution in [0.2, 0.25) is 0 Å². The van der Waals surface area contributed by atoms with Crippen LogP contribution in [-0.4, -0.2) is 22.4 Å². The van der Waals surface area contributed by atoms with Gasteiger partial charge in [0.2, 0.25) is 0 Å². The molecule has 2 aromatic rings. The molecule has 1 heterocycles. The molecule has 0 aliphatic rings. The largest absolute Gasteiger partial charge is 0.491 e. The summed E-state index contributed by atoms with van der Waals surface area (Å²) < 4.78 is 7.98. The summed E-state index contributed by atoms with van der Waals surface area (Å²) in [6.07, 6.45) is 5.41. The van der Waals surface area contributed by atoms with Crippen molar-refractivity contribution in [3.8, 4) is 5.75 Å². The molecular weight excluding hydrogens is 238 g/mol. The molecule has 0 saturated carbocycles. The molecule has 0 fully saturated rings. The summed E-state index contributed by atoms with van der Waals surface area (Å²) in [5.41, 5.74) is 1.25. The molecule has 0 radical (unpaired) electrons. The van der Waals surface area contributed by atoms with Crippen LogP contribution in [-0.2, 0) is 6.54 Å². The minimum Gasteiger partial charge on any atom is -0.491 e. The second-order valence-electron chi connectivity index (χ2n) is 5.18. The normalized spacial score (nSPS) is 11.4. The molecule has 1 N–H and O–H groups in total. The van der Waals surface area contributed by atoms with Crippen LogP contribution in [0.1, 0.15) is 33.1 Å². The molecule has 104 valence electrons. The molecule has 0 atom stereocenters. The molecule has 3 heteroatoms. The van der Waals surface area contributed by atoms with E-state index >= 15 is 0 Å². The Morgan fingerprint density at radius 3 is 2.74 bits per heavy atom. The number of aliphatic hydroxyl groups excluding tert-OH is 1.